The minimum atomic E-state index is -0.283. The van der Waals surface area contributed by atoms with Crippen LogP contribution in [-0.4, -0.2) is 22.8 Å². The third kappa shape index (κ3) is 4.19. The van der Waals surface area contributed by atoms with Gasteiger partial charge in [-0.2, -0.15) is 5.10 Å². The summed E-state index contributed by atoms with van der Waals surface area (Å²) in [5.74, 6) is 0.591. The second-order valence-corrected chi connectivity index (χ2v) is 6.60. The first-order valence-electron chi connectivity index (χ1n) is 9.34. The van der Waals surface area contributed by atoms with E-state index < -0.39 is 0 Å². The molecule has 0 radical (unpaired) electrons. The van der Waals surface area contributed by atoms with Crippen molar-refractivity contribution in [3.63, 3.8) is 0 Å². The van der Waals surface area contributed by atoms with E-state index in [2.05, 4.69) is 10.4 Å². The molecule has 0 saturated heterocycles. The number of para-hydroxylation sites is 1. The van der Waals surface area contributed by atoms with Crippen molar-refractivity contribution >= 4 is 5.91 Å². The molecule has 0 spiro atoms. The predicted octanol–water partition coefficient (Wildman–Crippen LogP) is 4.40. The third-order valence-corrected chi connectivity index (χ3v) is 4.72. The minimum absolute atomic E-state index is 0.183. The van der Waals surface area contributed by atoms with Gasteiger partial charge in [0, 0.05) is 6.20 Å². The number of nitrogens with zero attached hydrogens (tertiary/aromatic N) is 2. The molecule has 4 rings (SSSR count). The van der Waals surface area contributed by atoms with Gasteiger partial charge in [0.15, 0.2) is 0 Å². The lowest BCUT2D eigenvalue weighted by Gasteiger charge is -2.20. The fourth-order valence-corrected chi connectivity index (χ4v) is 3.18. The van der Waals surface area contributed by atoms with Gasteiger partial charge < -0.3 is 10.1 Å². The van der Waals surface area contributed by atoms with Gasteiger partial charge in [-0.3, -0.25) is 4.79 Å². The van der Waals surface area contributed by atoms with E-state index >= 15 is 0 Å². The van der Waals surface area contributed by atoms with Crippen LogP contribution in [0.4, 0.5) is 0 Å². The normalized spacial score (nSPS) is 11.6. The van der Waals surface area contributed by atoms with Crippen molar-refractivity contribution in [2.24, 2.45) is 0 Å². The molecule has 5 nitrogen and oxygen atoms in total. The van der Waals surface area contributed by atoms with E-state index in [0.29, 0.717) is 5.56 Å². The quantitative estimate of drug-likeness (QED) is 0.537. The maximum atomic E-state index is 13.0. The Morgan fingerprint density at radius 3 is 2.17 bits per heavy atom. The van der Waals surface area contributed by atoms with Crippen LogP contribution in [0.3, 0.4) is 0 Å². The molecule has 0 fully saturated rings. The Balaban J connectivity index is 1.60. The molecule has 1 amide bonds. The molecular formula is C24H21N3O2. The maximum Gasteiger partial charge on any atom is 0.255 e. The van der Waals surface area contributed by atoms with Gasteiger partial charge in [0.2, 0.25) is 0 Å². The van der Waals surface area contributed by atoms with Crippen LogP contribution in [0.1, 0.15) is 27.5 Å². The lowest BCUT2D eigenvalue weighted by atomic mass is 9.98. The van der Waals surface area contributed by atoms with Crippen molar-refractivity contribution in [3.05, 3.63) is 114 Å². The summed E-state index contributed by atoms with van der Waals surface area (Å²) in [4.78, 5) is 13.0. The van der Waals surface area contributed by atoms with Crippen molar-refractivity contribution in [1.29, 1.82) is 0 Å². The number of hydrogen-bond acceptors (Lipinski definition) is 3. The van der Waals surface area contributed by atoms with Crippen LogP contribution in [0.2, 0.25) is 0 Å². The smallest absolute Gasteiger partial charge is 0.255 e. The second kappa shape index (κ2) is 8.44. The Morgan fingerprint density at radius 2 is 1.52 bits per heavy atom. The summed E-state index contributed by atoms with van der Waals surface area (Å²) < 4.78 is 6.95. The Labute approximate surface area is 169 Å². The van der Waals surface area contributed by atoms with Crippen LogP contribution in [0.15, 0.2) is 97.3 Å². The summed E-state index contributed by atoms with van der Waals surface area (Å²) >= 11 is 0. The number of carbonyl (C=O) groups excluding carboxylic acids is 1. The fourth-order valence-electron chi connectivity index (χ4n) is 3.18. The van der Waals surface area contributed by atoms with Crippen LogP contribution in [-0.2, 0) is 0 Å². The molecule has 29 heavy (non-hydrogen) atoms. The SMILES string of the molecule is COc1ccc(C(NC(=O)c2cnn(-c3ccccc3)c2)c2ccccc2)cc1. The van der Waals surface area contributed by atoms with Crippen LogP contribution in [0.25, 0.3) is 5.69 Å². The number of ether oxygens (including phenoxy) is 1. The predicted molar refractivity (Wildman–Crippen MR) is 112 cm³/mol. The highest BCUT2D eigenvalue weighted by molar-refractivity contribution is 5.94. The molecule has 3 aromatic carbocycles. The summed E-state index contributed by atoms with van der Waals surface area (Å²) in [7, 11) is 1.63. The van der Waals surface area contributed by atoms with E-state index in [-0.39, 0.29) is 11.9 Å². The topological polar surface area (TPSA) is 56.1 Å². The van der Waals surface area contributed by atoms with E-state index in [1.54, 1.807) is 24.2 Å². The average Bonchev–Trinajstić information content (AvgIpc) is 3.29. The molecule has 0 aliphatic heterocycles. The van der Waals surface area contributed by atoms with E-state index in [1.165, 1.54) is 0 Å². The molecule has 0 saturated carbocycles. The van der Waals surface area contributed by atoms with E-state index in [9.17, 15) is 4.79 Å². The van der Waals surface area contributed by atoms with Crippen LogP contribution >= 0.6 is 0 Å². The highest BCUT2D eigenvalue weighted by Gasteiger charge is 2.19. The van der Waals surface area contributed by atoms with Gasteiger partial charge in [0.25, 0.3) is 5.91 Å². The lowest BCUT2D eigenvalue weighted by Crippen LogP contribution is -2.29. The summed E-state index contributed by atoms with van der Waals surface area (Å²) in [5.41, 5.74) is 3.38. The molecule has 5 heteroatoms. The molecule has 1 aromatic heterocycles. The number of carbonyl (C=O) groups is 1. The molecule has 1 N–H and O–H groups in total. The second-order valence-electron chi connectivity index (χ2n) is 6.60. The van der Waals surface area contributed by atoms with E-state index in [0.717, 1.165) is 22.6 Å². The number of benzene rings is 3. The van der Waals surface area contributed by atoms with Gasteiger partial charge in [-0.15, -0.1) is 0 Å². The molecule has 1 atom stereocenters. The Morgan fingerprint density at radius 1 is 0.897 bits per heavy atom. The fraction of sp³-hybridized carbons (Fsp3) is 0.0833. The summed E-state index contributed by atoms with van der Waals surface area (Å²) in [6.07, 6.45) is 3.32. The first-order chi connectivity index (χ1) is 14.2. The zero-order valence-corrected chi connectivity index (χ0v) is 16.0. The molecular weight excluding hydrogens is 362 g/mol. The molecule has 144 valence electrons. The zero-order chi connectivity index (χ0) is 20.1. The lowest BCUT2D eigenvalue weighted by molar-refractivity contribution is 0.0943. The highest BCUT2D eigenvalue weighted by Crippen LogP contribution is 2.24. The standard InChI is InChI=1S/C24H21N3O2/c1-29-22-14-12-19(13-15-22)23(18-8-4-2-5-9-18)26-24(28)20-16-25-27(17-20)21-10-6-3-7-11-21/h2-17,23H,1H3,(H,26,28). The monoisotopic (exact) mass is 383 g/mol. The molecule has 0 aliphatic carbocycles. The van der Waals surface area contributed by atoms with Crippen molar-refractivity contribution in [2.45, 2.75) is 6.04 Å². The van der Waals surface area contributed by atoms with Crippen LogP contribution in [0, 0.1) is 0 Å². The Kier molecular flexibility index (Phi) is 5.38. The van der Waals surface area contributed by atoms with E-state index in [1.807, 2.05) is 84.9 Å². The van der Waals surface area contributed by atoms with Gasteiger partial charge in [0.1, 0.15) is 5.75 Å². The summed E-state index contributed by atoms with van der Waals surface area (Å²) in [5, 5.41) is 7.46. The molecule has 0 aliphatic rings. The highest BCUT2D eigenvalue weighted by atomic mass is 16.5. The van der Waals surface area contributed by atoms with Crippen molar-refractivity contribution in [3.8, 4) is 11.4 Å². The number of nitrogens with one attached hydrogen (secondary N) is 1. The van der Waals surface area contributed by atoms with Gasteiger partial charge in [-0.25, -0.2) is 4.68 Å². The van der Waals surface area contributed by atoms with Gasteiger partial charge in [-0.1, -0.05) is 60.7 Å². The van der Waals surface area contributed by atoms with Crippen molar-refractivity contribution in [1.82, 2.24) is 15.1 Å². The average molecular weight is 383 g/mol. The van der Waals surface area contributed by atoms with Crippen molar-refractivity contribution < 1.29 is 9.53 Å². The Bertz CT molecular complexity index is 1070. The molecule has 4 aromatic rings. The summed E-state index contributed by atoms with van der Waals surface area (Å²) in [6.45, 7) is 0. The van der Waals surface area contributed by atoms with Gasteiger partial charge >= 0.3 is 0 Å². The molecule has 1 heterocycles. The summed E-state index contributed by atoms with van der Waals surface area (Å²) in [6, 6.07) is 27.0. The van der Waals surface area contributed by atoms with Crippen molar-refractivity contribution in [2.75, 3.05) is 7.11 Å². The number of methoxy groups -OCH3 is 1. The maximum absolute atomic E-state index is 13.0. The van der Waals surface area contributed by atoms with Crippen LogP contribution < -0.4 is 10.1 Å². The third-order valence-electron chi connectivity index (χ3n) is 4.72. The largest absolute Gasteiger partial charge is 0.497 e. The zero-order valence-electron chi connectivity index (χ0n) is 16.0. The molecule has 1 unspecified atom stereocenters. The first-order valence-corrected chi connectivity index (χ1v) is 9.34. The molecule has 0 bridgehead atoms. The van der Waals surface area contributed by atoms with E-state index in [4.69, 9.17) is 4.74 Å². The number of amides is 1. The first kappa shape index (κ1) is 18.5. The van der Waals surface area contributed by atoms with Gasteiger partial charge in [-0.05, 0) is 35.4 Å². The number of aromatic nitrogens is 2. The van der Waals surface area contributed by atoms with Crippen LogP contribution in [0.5, 0.6) is 5.75 Å². The minimum Gasteiger partial charge on any atom is -0.497 e. The Hall–Kier alpha value is -3.86. The number of hydrogen-bond donors (Lipinski definition) is 1. The number of rotatable bonds is 6. The van der Waals surface area contributed by atoms with Gasteiger partial charge in [0.05, 0.1) is 30.6 Å².